The summed E-state index contributed by atoms with van der Waals surface area (Å²) < 4.78 is 0. The van der Waals surface area contributed by atoms with E-state index in [0.29, 0.717) is 5.92 Å². The van der Waals surface area contributed by atoms with Crippen LogP contribution in [0, 0.1) is 39.9 Å². The van der Waals surface area contributed by atoms with E-state index in [-0.39, 0.29) is 32.5 Å². The molecule has 5 aliphatic carbocycles. The highest BCUT2D eigenvalue weighted by atomic mass is 14.8. The highest BCUT2D eigenvalue weighted by Gasteiger charge is 2.76. The van der Waals surface area contributed by atoms with Crippen molar-refractivity contribution in [1.29, 1.82) is 0 Å². The van der Waals surface area contributed by atoms with Crippen molar-refractivity contribution in [3.8, 4) is 0 Å². The summed E-state index contributed by atoms with van der Waals surface area (Å²) in [6.45, 7) is 26.1. The summed E-state index contributed by atoms with van der Waals surface area (Å²) >= 11 is 0. The van der Waals surface area contributed by atoms with Crippen molar-refractivity contribution >= 4 is 5.57 Å². The predicted molar refractivity (Wildman–Crippen MR) is 184 cm³/mol. The molecule has 0 spiro atoms. The fourth-order valence-corrected chi connectivity index (χ4v) is 11.3. The maximum Gasteiger partial charge on any atom is 0.0236 e. The van der Waals surface area contributed by atoms with Crippen LogP contribution in [0.5, 0.6) is 0 Å². The molecule has 4 unspecified atom stereocenters. The second-order valence-electron chi connectivity index (χ2n) is 16.6. The molecule has 2 aromatic carbocycles. The van der Waals surface area contributed by atoms with Crippen molar-refractivity contribution in [1.82, 2.24) is 0 Å². The average Bonchev–Trinajstić information content (AvgIpc) is 3.65. The molecule has 0 nitrogen and oxygen atoms in total. The number of hydrogen-bond acceptors (Lipinski definition) is 0. The third kappa shape index (κ3) is 3.14. The third-order valence-corrected chi connectivity index (χ3v) is 15.3. The van der Waals surface area contributed by atoms with Crippen LogP contribution in [0.2, 0.25) is 0 Å². The van der Waals surface area contributed by atoms with E-state index in [1.807, 2.05) is 0 Å². The molecule has 0 N–H and O–H groups in total. The number of hydrogen-bond donors (Lipinski definition) is 0. The minimum Gasteiger partial charge on any atom is -0.0842 e. The van der Waals surface area contributed by atoms with Gasteiger partial charge in [-0.3, -0.25) is 0 Å². The lowest BCUT2D eigenvalue weighted by molar-refractivity contribution is -0.208. The Hall–Kier alpha value is -2.86. The summed E-state index contributed by atoms with van der Waals surface area (Å²) in [6.07, 6.45) is 16.6. The summed E-state index contributed by atoms with van der Waals surface area (Å²) in [6, 6.07) is 19.0. The second kappa shape index (κ2) is 8.87. The first-order valence-corrected chi connectivity index (χ1v) is 16.8. The van der Waals surface area contributed by atoms with Crippen molar-refractivity contribution in [3.05, 3.63) is 123 Å². The highest BCUT2D eigenvalue weighted by Crippen LogP contribution is 2.82. The molecule has 0 aliphatic heterocycles. The van der Waals surface area contributed by atoms with Crippen LogP contribution in [0.4, 0.5) is 0 Å². The fourth-order valence-electron chi connectivity index (χ4n) is 11.3. The van der Waals surface area contributed by atoms with Crippen LogP contribution >= 0.6 is 0 Å². The van der Waals surface area contributed by atoms with Crippen molar-refractivity contribution in [2.75, 3.05) is 0 Å². The van der Waals surface area contributed by atoms with Gasteiger partial charge in [-0.05, 0) is 88.2 Å². The van der Waals surface area contributed by atoms with Crippen LogP contribution in [0.15, 0.2) is 101 Å². The minimum atomic E-state index is -0.188. The van der Waals surface area contributed by atoms with Crippen molar-refractivity contribution < 1.29 is 0 Å². The van der Waals surface area contributed by atoms with Crippen LogP contribution in [-0.4, -0.2) is 0 Å². The quantitative estimate of drug-likeness (QED) is 0.345. The molecular weight excluding hydrogens is 516 g/mol. The van der Waals surface area contributed by atoms with Gasteiger partial charge in [0.1, 0.15) is 0 Å². The topological polar surface area (TPSA) is 0 Å². The van der Waals surface area contributed by atoms with Crippen LogP contribution < -0.4 is 0 Å². The van der Waals surface area contributed by atoms with E-state index in [2.05, 4.69) is 148 Å². The highest BCUT2D eigenvalue weighted by molar-refractivity contribution is 5.92. The van der Waals surface area contributed by atoms with E-state index in [1.54, 1.807) is 27.9 Å². The molecule has 2 aromatic rings. The smallest absolute Gasteiger partial charge is 0.0236 e. The van der Waals surface area contributed by atoms with Gasteiger partial charge in [-0.1, -0.05) is 158 Å². The largest absolute Gasteiger partial charge is 0.0842 e. The second-order valence-corrected chi connectivity index (χ2v) is 16.6. The molecule has 0 heteroatoms. The molecule has 0 bridgehead atoms. The SMILES string of the molecule is Cc1ccc(C(C)(C2=CC=CC2)C2(C)C3=C4Cc5ccccc5C4=C4C=CCCC4C3(C)C(C)(C)C(C)(C)C2(C)C)cc1. The number of aryl methyl sites for hydroxylation is 1. The molecule has 1 fully saturated rings. The molecule has 1 saturated carbocycles. The first kappa shape index (κ1) is 28.9. The van der Waals surface area contributed by atoms with Gasteiger partial charge in [-0.2, -0.15) is 0 Å². The molecule has 0 amide bonds. The molecular formula is C43H52. The normalized spacial score (nSPS) is 32.5. The van der Waals surface area contributed by atoms with Crippen LogP contribution in [-0.2, 0) is 11.8 Å². The summed E-state index contributed by atoms with van der Waals surface area (Å²) in [7, 11) is 0. The van der Waals surface area contributed by atoms with E-state index in [9.17, 15) is 0 Å². The zero-order valence-electron chi connectivity index (χ0n) is 28.4. The first-order chi connectivity index (χ1) is 20.2. The summed E-state index contributed by atoms with van der Waals surface area (Å²) in [5.41, 5.74) is 13.7. The molecule has 4 atom stereocenters. The maximum absolute atomic E-state index is 2.72. The minimum absolute atomic E-state index is 0.000287. The molecule has 5 aliphatic rings. The summed E-state index contributed by atoms with van der Waals surface area (Å²) in [5, 5.41) is 0. The predicted octanol–water partition coefficient (Wildman–Crippen LogP) is 11.5. The Kier molecular flexibility index (Phi) is 5.95. The van der Waals surface area contributed by atoms with Gasteiger partial charge in [0, 0.05) is 16.2 Å². The van der Waals surface area contributed by atoms with E-state index in [4.69, 9.17) is 0 Å². The van der Waals surface area contributed by atoms with Gasteiger partial charge in [-0.15, -0.1) is 0 Å². The summed E-state index contributed by atoms with van der Waals surface area (Å²) in [5.74, 6) is 0.500. The fraction of sp³-hybridized carbons (Fsp3) is 0.488. The molecule has 43 heavy (non-hydrogen) atoms. The zero-order valence-corrected chi connectivity index (χ0v) is 28.4. The Bertz CT molecular complexity index is 1680. The lowest BCUT2D eigenvalue weighted by Crippen LogP contribution is -2.72. The number of allylic oxidation sites excluding steroid dienone is 10. The van der Waals surface area contributed by atoms with Crippen molar-refractivity contribution in [2.45, 2.75) is 100 Å². The number of rotatable bonds is 3. The van der Waals surface area contributed by atoms with Gasteiger partial charge in [0.25, 0.3) is 0 Å². The molecule has 224 valence electrons. The standard InChI is InChI=1S/C43H52/c1-28-23-25-31(26-24-28)41(8,30-18-12-13-19-30)43(10)37-34-27-29-17-11-14-20-32(29)36(34)33-21-15-16-22-35(33)42(37,9)39(4,5)38(2,3)40(43,6)7/h11-15,17-18,20-21,23-26,35H,16,19,22,27H2,1-10H3. The average molecular weight is 569 g/mol. The van der Waals surface area contributed by atoms with Crippen LogP contribution in [0.25, 0.3) is 5.57 Å². The van der Waals surface area contributed by atoms with E-state index in [1.165, 1.54) is 35.1 Å². The van der Waals surface area contributed by atoms with Gasteiger partial charge >= 0.3 is 0 Å². The van der Waals surface area contributed by atoms with Crippen molar-refractivity contribution in [2.24, 2.45) is 33.0 Å². The lowest BCUT2D eigenvalue weighted by atomic mass is 9.26. The Morgan fingerprint density at radius 1 is 0.791 bits per heavy atom. The third-order valence-electron chi connectivity index (χ3n) is 15.3. The van der Waals surface area contributed by atoms with Gasteiger partial charge in [0.05, 0.1) is 0 Å². The van der Waals surface area contributed by atoms with Gasteiger partial charge in [0.15, 0.2) is 0 Å². The van der Waals surface area contributed by atoms with E-state index >= 15 is 0 Å². The van der Waals surface area contributed by atoms with Gasteiger partial charge < -0.3 is 0 Å². The number of benzene rings is 2. The molecule has 0 radical (unpaired) electrons. The van der Waals surface area contributed by atoms with Crippen LogP contribution in [0.1, 0.15) is 104 Å². The van der Waals surface area contributed by atoms with Crippen molar-refractivity contribution in [3.63, 3.8) is 0 Å². The molecule has 0 saturated heterocycles. The maximum atomic E-state index is 2.72. The Balaban J connectivity index is 1.68. The Labute approximate surface area is 261 Å². The van der Waals surface area contributed by atoms with E-state index in [0.717, 1.165) is 12.8 Å². The van der Waals surface area contributed by atoms with Gasteiger partial charge in [0.2, 0.25) is 0 Å². The van der Waals surface area contributed by atoms with Gasteiger partial charge in [-0.25, -0.2) is 0 Å². The molecule has 7 rings (SSSR count). The lowest BCUT2D eigenvalue weighted by Gasteiger charge is -2.77. The zero-order chi connectivity index (χ0) is 30.8. The molecule has 0 heterocycles. The molecule has 0 aromatic heterocycles. The Morgan fingerprint density at radius 2 is 1.49 bits per heavy atom. The Morgan fingerprint density at radius 3 is 2.16 bits per heavy atom. The summed E-state index contributed by atoms with van der Waals surface area (Å²) in [4.78, 5) is 0. The first-order valence-electron chi connectivity index (χ1n) is 16.8. The monoisotopic (exact) mass is 568 g/mol. The van der Waals surface area contributed by atoms with Crippen LogP contribution in [0.3, 0.4) is 0 Å². The van der Waals surface area contributed by atoms with E-state index < -0.39 is 0 Å². The number of fused-ring (bicyclic) bond motifs is 6.